The fraction of sp³-hybridized carbons (Fsp3) is 0.500. The van der Waals surface area contributed by atoms with Gasteiger partial charge in [0.05, 0.1) is 4.90 Å². The van der Waals surface area contributed by atoms with Crippen molar-refractivity contribution in [2.24, 2.45) is 5.73 Å². The van der Waals surface area contributed by atoms with Crippen LogP contribution in [0.25, 0.3) is 0 Å². The van der Waals surface area contributed by atoms with Crippen LogP contribution in [0.4, 0.5) is 0 Å². The van der Waals surface area contributed by atoms with Crippen molar-refractivity contribution in [1.82, 2.24) is 4.72 Å². The standard InChI is InChI=1S/C12H17BrN2O2S.ClH/c13-9-1-7-12(8-2-9)18(16,17)15-11-5-3-10(14)4-6-11;/h1-2,7-8,10-11,15H,3-6,14H2;1H. The predicted octanol–water partition coefficient (Wildman–Crippen LogP) is 2.42. The van der Waals surface area contributed by atoms with E-state index in [1.807, 2.05) is 0 Å². The largest absolute Gasteiger partial charge is 0.328 e. The summed E-state index contributed by atoms with van der Waals surface area (Å²) < 4.78 is 27.9. The quantitative estimate of drug-likeness (QED) is 0.859. The zero-order chi connectivity index (χ0) is 13.2. The highest BCUT2D eigenvalue weighted by atomic mass is 79.9. The highest BCUT2D eigenvalue weighted by Gasteiger charge is 2.24. The minimum Gasteiger partial charge on any atom is -0.328 e. The molecule has 1 fully saturated rings. The van der Waals surface area contributed by atoms with Gasteiger partial charge in [-0.05, 0) is 49.9 Å². The summed E-state index contributed by atoms with van der Waals surface area (Å²) in [6.45, 7) is 0. The van der Waals surface area contributed by atoms with E-state index in [9.17, 15) is 8.42 Å². The number of sulfonamides is 1. The number of rotatable bonds is 3. The molecule has 0 bridgehead atoms. The molecule has 0 spiro atoms. The topological polar surface area (TPSA) is 72.2 Å². The first-order chi connectivity index (χ1) is 8.47. The van der Waals surface area contributed by atoms with Gasteiger partial charge >= 0.3 is 0 Å². The molecule has 0 atom stereocenters. The van der Waals surface area contributed by atoms with Crippen LogP contribution in [0.5, 0.6) is 0 Å². The lowest BCUT2D eigenvalue weighted by Crippen LogP contribution is -2.40. The SMILES string of the molecule is Cl.NC1CCC(NS(=O)(=O)c2ccc(Br)cc2)CC1. The Hall–Kier alpha value is -0.140. The van der Waals surface area contributed by atoms with Crippen LogP contribution in [0.3, 0.4) is 0 Å². The van der Waals surface area contributed by atoms with Gasteiger partial charge in [-0.1, -0.05) is 15.9 Å². The molecule has 4 nitrogen and oxygen atoms in total. The van der Waals surface area contributed by atoms with Gasteiger partial charge in [-0.3, -0.25) is 0 Å². The van der Waals surface area contributed by atoms with E-state index in [4.69, 9.17) is 5.73 Å². The lowest BCUT2D eigenvalue weighted by atomic mass is 9.93. The molecule has 0 radical (unpaired) electrons. The normalized spacial score (nSPS) is 23.7. The molecule has 7 heteroatoms. The third kappa shape index (κ3) is 4.72. The van der Waals surface area contributed by atoms with Crippen LogP contribution >= 0.6 is 28.3 Å². The highest BCUT2D eigenvalue weighted by molar-refractivity contribution is 9.10. The lowest BCUT2D eigenvalue weighted by molar-refractivity contribution is 0.373. The maximum atomic E-state index is 12.1. The molecular weight excluding hydrogens is 352 g/mol. The van der Waals surface area contributed by atoms with E-state index in [2.05, 4.69) is 20.7 Å². The van der Waals surface area contributed by atoms with Crippen LogP contribution in [0.15, 0.2) is 33.6 Å². The predicted molar refractivity (Wildman–Crippen MR) is 81.9 cm³/mol. The lowest BCUT2D eigenvalue weighted by Gasteiger charge is -2.26. The van der Waals surface area contributed by atoms with Crippen LogP contribution in [-0.2, 0) is 10.0 Å². The molecule has 0 saturated heterocycles. The first kappa shape index (κ1) is 16.9. The van der Waals surface area contributed by atoms with Gasteiger partial charge in [-0.25, -0.2) is 13.1 Å². The summed E-state index contributed by atoms with van der Waals surface area (Å²) in [6.07, 6.45) is 3.40. The van der Waals surface area contributed by atoms with Gasteiger partial charge < -0.3 is 5.73 Å². The maximum absolute atomic E-state index is 12.1. The molecule has 1 aliphatic carbocycles. The van der Waals surface area contributed by atoms with Crippen LogP contribution in [0.2, 0.25) is 0 Å². The zero-order valence-corrected chi connectivity index (χ0v) is 13.6. The van der Waals surface area contributed by atoms with Crippen LogP contribution < -0.4 is 10.5 Å². The second-order valence-electron chi connectivity index (χ2n) is 4.69. The summed E-state index contributed by atoms with van der Waals surface area (Å²) in [4.78, 5) is 0.306. The Kier molecular flexibility index (Phi) is 6.26. The van der Waals surface area contributed by atoms with Gasteiger partial charge in [0, 0.05) is 16.6 Å². The van der Waals surface area contributed by atoms with E-state index in [0.29, 0.717) is 4.90 Å². The molecule has 0 amide bonds. The third-order valence-electron chi connectivity index (χ3n) is 3.22. The molecule has 1 aromatic rings. The Morgan fingerprint density at radius 1 is 1.11 bits per heavy atom. The Labute approximate surface area is 128 Å². The molecule has 0 aliphatic heterocycles. The van der Waals surface area contributed by atoms with E-state index in [0.717, 1.165) is 30.2 Å². The summed E-state index contributed by atoms with van der Waals surface area (Å²) in [7, 11) is -3.41. The molecule has 1 aromatic carbocycles. The Morgan fingerprint density at radius 2 is 1.63 bits per heavy atom. The molecule has 1 aliphatic rings. The van der Waals surface area contributed by atoms with Crippen molar-refractivity contribution in [2.45, 2.75) is 42.7 Å². The minimum atomic E-state index is -3.41. The molecule has 0 heterocycles. The van der Waals surface area contributed by atoms with Gasteiger partial charge in [0.15, 0.2) is 0 Å². The van der Waals surface area contributed by atoms with E-state index in [1.165, 1.54) is 0 Å². The van der Waals surface area contributed by atoms with Gasteiger partial charge in [0.25, 0.3) is 0 Å². The Balaban J connectivity index is 0.00000180. The molecule has 0 aromatic heterocycles. The van der Waals surface area contributed by atoms with Crippen molar-refractivity contribution in [1.29, 1.82) is 0 Å². The minimum absolute atomic E-state index is 0. The van der Waals surface area contributed by atoms with E-state index in [1.54, 1.807) is 24.3 Å². The molecule has 1 saturated carbocycles. The number of hydrogen-bond acceptors (Lipinski definition) is 3. The van der Waals surface area contributed by atoms with Crippen molar-refractivity contribution in [3.05, 3.63) is 28.7 Å². The number of nitrogens with one attached hydrogen (secondary N) is 1. The van der Waals surface area contributed by atoms with Crippen molar-refractivity contribution >= 4 is 38.4 Å². The molecule has 0 unspecified atom stereocenters. The van der Waals surface area contributed by atoms with Gasteiger partial charge in [0.2, 0.25) is 10.0 Å². The summed E-state index contributed by atoms with van der Waals surface area (Å²) >= 11 is 3.29. The van der Waals surface area contributed by atoms with E-state index in [-0.39, 0.29) is 24.5 Å². The number of hydrogen-bond donors (Lipinski definition) is 2. The fourth-order valence-electron chi connectivity index (χ4n) is 2.14. The summed E-state index contributed by atoms with van der Waals surface area (Å²) in [5.41, 5.74) is 5.81. The van der Waals surface area contributed by atoms with Crippen molar-refractivity contribution in [2.75, 3.05) is 0 Å². The third-order valence-corrected chi connectivity index (χ3v) is 5.28. The first-order valence-corrected chi connectivity index (χ1v) is 8.28. The molecular formula is C12H18BrClN2O2S. The number of benzene rings is 1. The van der Waals surface area contributed by atoms with E-state index >= 15 is 0 Å². The number of halogens is 2. The van der Waals surface area contributed by atoms with Gasteiger partial charge in [-0.2, -0.15) is 0 Å². The van der Waals surface area contributed by atoms with Gasteiger partial charge in [0.1, 0.15) is 0 Å². The maximum Gasteiger partial charge on any atom is 0.240 e. The summed E-state index contributed by atoms with van der Waals surface area (Å²) in [5, 5.41) is 0. The molecule has 19 heavy (non-hydrogen) atoms. The average molecular weight is 370 g/mol. The van der Waals surface area contributed by atoms with Gasteiger partial charge in [-0.15, -0.1) is 12.4 Å². The molecule has 2 rings (SSSR count). The van der Waals surface area contributed by atoms with Crippen LogP contribution in [-0.4, -0.2) is 20.5 Å². The molecule has 3 N–H and O–H groups in total. The first-order valence-electron chi connectivity index (χ1n) is 6.01. The van der Waals surface area contributed by atoms with Crippen molar-refractivity contribution in [3.8, 4) is 0 Å². The second kappa shape index (κ2) is 7.04. The number of nitrogens with two attached hydrogens (primary N) is 1. The smallest absolute Gasteiger partial charge is 0.240 e. The monoisotopic (exact) mass is 368 g/mol. The van der Waals surface area contributed by atoms with Crippen LogP contribution in [0, 0.1) is 0 Å². The van der Waals surface area contributed by atoms with E-state index < -0.39 is 10.0 Å². The Bertz CT molecular complexity index is 499. The highest BCUT2D eigenvalue weighted by Crippen LogP contribution is 2.20. The average Bonchev–Trinajstić information content (AvgIpc) is 2.32. The van der Waals surface area contributed by atoms with Crippen LogP contribution in [0.1, 0.15) is 25.7 Å². The van der Waals surface area contributed by atoms with Crippen molar-refractivity contribution < 1.29 is 8.42 Å². The molecule has 108 valence electrons. The second-order valence-corrected chi connectivity index (χ2v) is 7.32. The summed E-state index contributed by atoms with van der Waals surface area (Å²) in [5.74, 6) is 0. The fourth-order valence-corrected chi connectivity index (χ4v) is 3.71. The Morgan fingerprint density at radius 3 is 2.16 bits per heavy atom. The summed E-state index contributed by atoms with van der Waals surface area (Å²) in [6, 6.07) is 6.88. The zero-order valence-electron chi connectivity index (χ0n) is 10.4. The van der Waals surface area contributed by atoms with Crippen molar-refractivity contribution in [3.63, 3.8) is 0 Å².